The highest BCUT2D eigenvalue weighted by Crippen LogP contribution is 2.10. The maximum absolute atomic E-state index is 4.26. The van der Waals surface area contributed by atoms with E-state index < -0.39 is 0 Å². The van der Waals surface area contributed by atoms with Gasteiger partial charge in [-0.2, -0.15) is 0 Å². The van der Waals surface area contributed by atoms with Crippen LogP contribution in [0.2, 0.25) is 0 Å². The number of guanidine groups is 1. The summed E-state index contributed by atoms with van der Waals surface area (Å²) in [6.07, 6.45) is 3.67. The van der Waals surface area contributed by atoms with Crippen molar-refractivity contribution in [3.63, 3.8) is 0 Å². The Morgan fingerprint density at radius 2 is 2.47 bits per heavy atom. The lowest BCUT2D eigenvalue weighted by Gasteiger charge is -2.08. The monoisotopic (exact) mass is 224 g/mol. The van der Waals surface area contributed by atoms with Crippen LogP contribution in [-0.2, 0) is 6.54 Å². The molecule has 0 radical (unpaired) electrons. The molecule has 0 aliphatic heterocycles. The normalized spacial score (nSPS) is 11.2. The summed E-state index contributed by atoms with van der Waals surface area (Å²) < 4.78 is 0. The van der Waals surface area contributed by atoms with Gasteiger partial charge >= 0.3 is 0 Å². The summed E-state index contributed by atoms with van der Waals surface area (Å²) in [5.41, 5.74) is 0. The number of aryl methyl sites for hydroxylation is 1. The summed E-state index contributed by atoms with van der Waals surface area (Å²) >= 11 is 1.69. The van der Waals surface area contributed by atoms with E-state index in [1.165, 1.54) is 4.88 Å². The molecule has 0 saturated heterocycles. The molecule has 0 atom stereocenters. The van der Waals surface area contributed by atoms with E-state index in [-0.39, 0.29) is 0 Å². The van der Waals surface area contributed by atoms with Gasteiger partial charge in [-0.05, 0) is 6.92 Å². The Balaban J connectivity index is 2.37. The highest BCUT2D eigenvalue weighted by molar-refractivity contribution is 7.11. The molecule has 0 saturated carbocycles. The molecule has 1 aromatic rings. The van der Waals surface area contributed by atoms with Crippen LogP contribution in [0.3, 0.4) is 0 Å². The molecule has 1 aromatic heterocycles. The summed E-state index contributed by atoms with van der Waals surface area (Å²) in [7, 11) is 1.74. The van der Waals surface area contributed by atoms with Gasteiger partial charge in [0.1, 0.15) is 5.01 Å². The molecule has 0 unspecified atom stereocenters. The predicted molar refractivity (Wildman–Crippen MR) is 65.2 cm³/mol. The van der Waals surface area contributed by atoms with Gasteiger partial charge in [0.15, 0.2) is 5.96 Å². The first kappa shape index (κ1) is 11.7. The lowest BCUT2D eigenvalue weighted by molar-refractivity contribution is 0.840. The van der Waals surface area contributed by atoms with Crippen molar-refractivity contribution in [3.05, 3.63) is 28.7 Å². The van der Waals surface area contributed by atoms with Crippen LogP contribution in [0.4, 0.5) is 0 Å². The van der Waals surface area contributed by atoms with Crippen molar-refractivity contribution in [2.75, 3.05) is 13.6 Å². The van der Waals surface area contributed by atoms with Gasteiger partial charge < -0.3 is 10.6 Å². The van der Waals surface area contributed by atoms with E-state index in [0.717, 1.165) is 11.0 Å². The maximum Gasteiger partial charge on any atom is 0.191 e. The fourth-order valence-corrected chi connectivity index (χ4v) is 1.76. The molecule has 2 N–H and O–H groups in total. The van der Waals surface area contributed by atoms with Crippen LogP contribution in [0.1, 0.15) is 9.88 Å². The predicted octanol–water partition coefficient (Wildman–Crippen LogP) is 1.30. The van der Waals surface area contributed by atoms with Crippen LogP contribution in [0.25, 0.3) is 0 Å². The first-order valence-electron chi connectivity index (χ1n) is 4.73. The van der Waals surface area contributed by atoms with Crippen molar-refractivity contribution in [1.82, 2.24) is 15.6 Å². The van der Waals surface area contributed by atoms with Crippen molar-refractivity contribution in [3.8, 4) is 0 Å². The second-order valence-corrected chi connectivity index (χ2v) is 4.28. The van der Waals surface area contributed by atoms with Crippen LogP contribution >= 0.6 is 11.3 Å². The number of nitrogens with one attached hydrogen (secondary N) is 2. The topological polar surface area (TPSA) is 49.3 Å². The Bertz CT molecular complexity index is 343. The molecule has 4 nitrogen and oxygen atoms in total. The smallest absolute Gasteiger partial charge is 0.191 e. The number of nitrogens with zero attached hydrogens (tertiary/aromatic N) is 2. The number of aromatic nitrogens is 1. The van der Waals surface area contributed by atoms with E-state index >= 15 is 0 Å². The summed E-state index contributed by atoms with van der Waals surface area (Å²) in [6, 6.07) is 0. The largest absolute Gasteiger partial charge is 0.353 e. The Hall–Kier alpha value is -1.36. The Morgan fingerprint density at radius 3 is 3.00 bits per heavy atom. The summed E-state index contributed by atoms with van der Waals surface area (Å²) in [5, 5.41) is 7.33. The Kier molecular flexibility index (Phi) is 4.83. The van der Waals surface area contributed by atoms with E-state index in [4.69, 9.17) is 0 Å². The molecule has 0 amide bonds. The Labute approximate surface area is 94.2 Å². The molecule has 0 bridgehead atoms. The van der Waals surface area contributed by atoms with E-state index in [9.17, 15) is 0 Å². The van der Waals surface area contributed by atoms with Gasteiger partial charge in [0, 0.05) is 24.7 Å². The number of thiazole rings is 1. The first-order chi connectivity index (χ1) is 7.26. The number of hydrogen-bond acceptors (Lipinski definition) is 3. The van der Waals surface area contributed by atoms with E-state index in [1.54, 1.807) is 24.5 Å². The van der Waals surface area contributed by atoms with E-state index in [2.05, 4.69) is 27.2 Å². The lowest BCUT2D eigenvalue weighted by Crippen LogP contribution is -2.36. The van der Waals surface area contributed by atoms with Crippen molar-refractivity contribution >= 4 is 17.3 Å². The van der Waals surface area contributed by atoms with Gasteiger partial charge in [0.05, 0.1) is 6.54 Å². The number of aliphatic imine (C=N–C) groups is 1. The van der Waals surface area contributed by atoms with Gasteiger partial charge in [-0.1, -0.05) is 6.08 Å². The van der Waals surface area contributed by atoms with Gasteiger partial charge in [-0.3, -0.25) is 4.99 Å². The molecule has 0 aromatic carbocycles. The molecular formula is C10H16N4S. The average Bonchev–Trinajstić information content (AvgIpc) is 2.65. The summed E-state index contributed by atoms with van der Waals surface area (Å²) in [5.74, 6) is 0.766. The minimum absolute atomic E-state index is 0.704. The van der Waals surface area contributed by atoms with Crippen molar-refractivity contribution in [2.45, 2.75) is 13.5 Å². The quantitative estimate of drug-likeness (QED) is 0.460. The van der Waals surface area contributed by atoms with Crippen molar-refractivity contribution in [1.29, 1.82) is 0 Å². The molecule has 0 aliphatic carbocycles. The summed E-state index contributed by atoms with van der Waals surface area (Å²) in [4.78, 5) is 9.55. The average molecular weight is 224 g/mol. The molecule has 0 aliphatic rings. The molecule has 82 valence electrons. The molecule has 0 spiro atoms. The molecule has 15 heavy (non-hydrogen) atoms. The van der Waals surface area contributed by atoms with Crippen LogP contribution in [-0.4, -0.2) is 24.5 Å². The third-order valence-electron chi connectivity index (χ3n) is 1.71. The Morgan fingerprint density at radius 1 is 1.67 bits per heavy atom. The van der Waals surface area contributed by atoms with Crippen LogP contribution in [0.5, 0.6) is 0 Å². The minimum atomic E-state index is 0.704. The molecule has 5 heteroatoms. The minimum Gasteiger partial charge on any atom is -0.353 e. The lowest BCUT2D eigenvalue weighted by atomic mass is 10.6. The van der Waals surface area contributed by atoms with Gasteiger partial charge in [0.2, 0.25) is 0 Å². The third-order valence-corrected chi connectivity index (χ3v) is 2.63. The van der Waals surface area contributed by atoms with E-state index in [1.807, 2.05) is 13.1 Å². The fraction of sp³-hybridized carbons (Fsp3) is 0.400. The zero-order valence-electron chi connectivity index (χ0n) is 9.08. The highest BCUT2D eigenvalue weighted by Gasteiger charge is 1.99. The van der Waals surface area contributed by atoms with Gasteiger partial charge in [0.25, 0.3) is 0 Å². The zero-order chi connectivity index (χ0) is 11.1. The zero-order valence-corrected chi connectivity index (χ0v) is 9.90. The standard InChI is InChI=1S/C10H16N4S/c1-4-5-12-10(11-3)14-7-9-13-6-8(2)15-9/h4,6H,1,5,7H2,2-3H3,(H2,11,12,14). The second kappa shape index (κ2) is 6.19. The first-order valence-corrected chi connectivity index (χ1v) is 5.54. The molecule has 1 heterocycles. The van der Waals surface area contributed by atoms with Crippen LogP contribution in [0.15, 0.2) is 23.8 Å². The number of rotatable bonds is 4. The van der Waals surface area contributed by atoms with Crippen molar-refractivity contribution in [2.24, 2.45) is 4.99 Å². The SMILES string of the molecule is C=CCNC(=NC)NCc1ncc(C)s1. The molecule has 0 fully saturated rings. The van der Waals surface area contributed by atoms with Gasteiger partial charge in [-0.15, -0.1) is 17.9 Å². The van der Waals surface area contributed by atoms with Gasteiger partial charge in [-0.25, -0.2) is 4.98 Å². The fourth-order valence-electron chi connectivity index (χ4n) is 1.03. The van der Waals surface area contributed by atoms with Crippen LogP contribution < -0.4 is 10.6 Å². The molecular weight excluding hydrogens is 208 g/mol. The number of hydrogen-bond donors (Lipinski definition) is 2. The molecule has 1 rings (SSSR count). The highest BCUT2D eigenvalue weighted by atomic mass is 32.1. The van der Waals surface area contributed by atoms with E-state index in [0.29, 0.717) is 13.1 Å². The van der Waals surface area contributed by atoms with Crippen LogP contribution in [0, 0.1) is 6.92 Å². The second-order valence-electron chi connectivity index (χ2n) is 2.96. The van der Waals surface area contributed by atoms with Crippen molar-refractivity contribution < 1.29 is 0 Å². The third kappa shape index (κ3) is 4.12. The summed E-state index contributed by atoms with van der Waals surface area (Å²) in [6.45, 7) is 7.09. The maximum atomic E-state index is 4.26.